The van der Waals surface area contributed by atoms with E-state index >= 15 is 0 Å². The molecule has 0 spiro atoms. The van der Waals surface area contributed by atoms with Gasteiger partial charge >= 0.3 is 0 Å². The van der Waals surface area contributed by atoms with Crippen LogP contribution in [0.15, 0.2) is 40.6 Å². The molecule has 1 unspecified atom stereocenters. The quantitative estimate of drug-likeness (QED) is 0.448. The van der Waals surface area contributed by atoms with Crippen molar-refractivity contribution in [3.05, 3.63) is 46.2 Å². The van der Waals surface area contributed by atoms with Crippen LogP contribution < -0.4 is 4.74 Å². The van der Waals surface area contributed by atoms with E-state index in [2.05, 4.69) is 35.8 Å². The van der Waals surface area contributed by atoms with Gasteiger partial charge in [0.15, 0.2) is 9.84 Å². The molecule has 1 aromatic heterocycles. The van der Waals surface area contributed by atoms with Crippen molar-refractivity contribution in [2.24, 2.45) is 5.92 Å². The smallest absolute Gasteiger partial charge is 0.175 e. The van der Waals surface area contributed by atoms with Crippen LogP contribution in [0.1, 0.15) is 37.1 Å². The summed E-state index contributed by atoms with van der Waals surface area (Å²) in [6.07, 6.45) is 2.93. The molecule has 2 aromatic rings. The second-order valence-electron chi connectivity index (χ2n) is 9.43. The summed E-state index contributed by atoms with van der Waals surface area (Å²) in [5, 5.41) is 21.1. The normalized spacial score (nSPS) is 17.0. The highest BCUT2D eigenvalue weighted by Crippen LogP contribution is 2.40. The summed E-state index contributed by atoms with van der Waals surface area (Å²) >= 11 is 1.52. The number of benzene rings is 1. The largest absolute Gasteiger partial charge is 0.492 e. The first kappa shape index (κ1) is 27.2. The van der Waals surface area contributed by atoms with Crippen LogP contribution in [-0.4, -0.2) is 70.3 Å². The Hall–Kier alpha value is -2.43. The molecule has 0 bridgehead atoms. The van der Waals surface area contributed by atoms with E-state index in [1.165, 1.54) is 17.6 Å². The fourth-order valence-corrected chi connectivity index (χ4v) is 6.25. The fourth-order valence-electron chi connectivity index (χ4n) is 4.46. The summed E-state index contributed by atoms with van der Waals surface area (Å²) in [7, 11) is -3.19. The second-order valence-corrected chi connectivity index (χ2v) is 12.4. The standard InChI is InChI=1S/C26H34N4O3S2/c1-21(2)26(20-28,25-17-22(18-27)19-34-25)9-4-10-29-11-13-30(14-12-29)15-16-33-23-5-7-24(8-6-23)35(3,31)32/h5-8,17,19,21H,4,9-16H2,1-3H3. The molecule has 2 heterocycles. The van der Waals surface area contributed by atoms with Gasteiger partial charge in [0, 0.05) is 49.2 Å². The molecule has 1 saturated heterocycles. The molecule has 1 atom stereocenters. The third-order valence-corrected chi connectivity index (χ3v) is 9.03. The summed E-state index contributed by atoms with van der Waals surface area (Å²) in [6.45, 7) is 10.5. The number of sulfone groups is 1. The Morgan fingerprint density at radius 3 is 2.23 bits per heavy atom. The average molecular weight is 515 g/mol. The molecule has 0 saturated carbocycles. The number of piperazine rings is 1. The van der Waals surface area contributed by atoms with E-state index in [0.29, 0.717) is 22.8 Å². The van der Waals surface area contributed by atoms with Crippen molar-refractivity contribution in [1.29, 1.82) is 10.5 Å². The Balaban J connectivity index is 1.40. The lowest BCUT2D eigenvalue weighted by molar-refractivity contribution is 0.114. The maximum absolute atomic E-state index is 11.6. The van der Waals surface area contributed by atoms with Gasteiger partial charge in [0.2, 0.25) is 0 Å². The predicted octanol–water partition coefficient (Wildman–Crippen LogP) is 3.92. The SMILES string of the molecule is CC(C)C(C#N)(CCCN1CCN(CCOc2ccc(S(C)(=O)=O)cc2)CC1)c1cc(C#N)cs1. The first-order valence-corrected chi connectivity index (χ1v) is 14.7. The van der Waals surface area contributed by atoms with Crippen LogP contribution in [0.2, 0.25) is 0 Å². The number of hydrogen-bond donors (Lipinski definition) is 0. The summed E-state index contributed by atoms with van der Waals surface area (Å²) in [5.74, 6) is 0.854. The van der Waals surface area contributed by atoms with Gasteiger partial charge in [-0.15, -0.1) is 11.3 Å². The monoisotopic (exact) mass is 514 g/mol. The van der Waals surface area contributed by atoms with Gasteiger partial charge in [0.05, 0.1) is 21.9 Å². The first-order chi connectivity index (χ1) is 16.7. The minimum Gasteiger partial charge on any atom is -0.492 e. The van der Waals surface area contributed by atoms with E-state index in [1.54, 1.807) is 24.3 Å². The van der Waals surface area contributed by atoms with Crippen molar-refractivity contribution in [1.82, 2.24) is 9.80 Å². The third-order valence-electron chi connectivity index (χ3n) is 6.79. The molecule has 1 aliphatic rings. The Labute approximate surface area is 213 Å². The Kier molecular flexibility index (Phi) is 9.32. The molecule has 7 nitrogen and oxygen atoms in total. The van der Waals surface area contributed by atoms with E-state index in [1.807, 2.05) is 11.4 Å². The van der Waals surface area contributed by atoms with Gasteiger partial charge in [-0.25, -0.2) is 8.42 Å². The summed E-state index contributed by atoms with van der Waals surface area (Å²) in [4.78, 5) is 6.13. The number of hydrogen-bond acceptors (Lipinski definition) is 8. The maximum atomic E-state index is 11.6. The van der Waals surface area contributed by atoms with E-state index in [0.717, 1.165) is 57.0 Å². The van der Waals surface area contributed by atoms with E-state index in [9.17, 15) is 18.9 Å². The van der Waals surface area contributed by atoms with Crippen LogP contribution in [0, 0.1) is 28.6 Å². The van der Waals surface area contributed by atoms with Gasteiger partial charge in [-0.1, -0.05) is 13.8 Å². The van der Waals surface area contributed by atoms with Gasteiger partial charge < -0.3 is 9.64 Å². The number of nitrogens with zero attached hydrogens (tertiary/aromatic N) is 4. The van der Waals surface area contributed by atoms with Crippen molar-refractivity contribution in [3.8, 4) is 17.9 Å². The van der Waals surface area contributed by atoms with Crippen LogP contribution in [0.25, 0.3) is 0 Å². The predicted molar refractivity (Wildman–Crippen MR) is 138 cm³/mol. The third kappa shape index (κ3) is 7.05. The van der Waals surface area contributed by atoms with Gasteiger partial charge in [0.25, 0.3) is 0 Å². The highest BCUT2D eigenvalue weighted by molar-refractivity contribution is 7.90. The Morgan fingerprint density at radius 1 is 1.09 bits per heavy atom. The van der Waals surface area contributed by atoms with Crippen LogP contribution in [0.3, 0.4) is 0 Å². The van der Waals surface area contributed by atoms with Crippen LogP contribution in [0.5, 0.6) is 5.75 Å². The lowest BCUT2D eigenvalue weighted by Crippen LogP contribution is -2.47. The minimum atomic E-state index is -3.19. The number of rotatable bonds is 11. The topological polar surface area (TPSA) is 97.4 Å². The molecule has 9 heteroatoms. The maximum Gasteiger partial charge on any atom is 0.175 e. The van der Waals surface area contributed by atoms with Crippen LogP contribution >= 0.6 is 11.3 Å². The zero-order valence-corrected chi connectivity index (χ0v) is 22.4. The van der Waals surface area contributed by atoms with Crippen molar-refractivity contribution >= 4 is 21.2 Å². The van der Waals surface area contributed by atoms with Gasteiger partial charge in [-0.3, -0.25) is 4.90 Å². The first-order valence-electron chi connectivity index (χ1n) is 12.0. The number of ether oxygens (including phenoxy) is 1. The van der Waals surface area contributed by atoms with Gasteiger partial charge in [-0.05, 0) is 55.6 Å². The van der Waals surface area contributed by atoms with E-state index < -0.39 is 15.3 Å². The lowest BCUT2D eigenvalue weighted by Gasteiger charge is -2.35. The molecule has 0 amide bonds. The van der Waals surface area contributed by atoms with Crippen LogP contribution in [0.4, 0.5) is 0 Å². The van der Waals surface area contributed by atoms with Gasteiger partial charge in [-0.2, -0.15) is 10.5 Å². The molecule has 1 fully saturated rings. The molecule has 3 rings (SSSR count). The highest BCUT2D eigenvalue weighted by atomic mass is 32.2. The number of nitriles is 2. The van der Waals surface area contributed by atoms with Gasteiger partial charge in [0.1, 0.15) is 18.4 Å². The molecule has 35 heavy (non-hydrogen) atoms. The molecule has 188 valence electrons. The molecule has 0 radical (unpaired) electrons. The summed E-state index contributed by atoms with van der Waals surface area (Å²) in [6, 6.07) is 13.2. The molecule has 1 aromatic carbocycles. The molecule has 0 aliphatic carbocycles. The van der Waals surface area contributed by atoms with Crippen molar-refractivity contribution in [2.45, 2.75) is 37.0 Å². The van der Waals surface area contributed by atoms with Crippen LogP contribution in [-0.2, 0) is 15.3 Å². The highest BCUT2D eigenvalue weighted by Gasteiger charge is 2.37. The average Bonchev–Trinajstić information content (AvgIpc) is 3.32. The van der Waals surface area contributed by atoms with Crippen molar-refractivity contribution in [2.75, 3.05) is 52.1 Å². The molecule has 0 N–H and O–H groups in total. The molecule has 1 aliphatic heterocycles. The van der Waals surface area contributed by atoms with Crippen molar-refractivity contribution < 1.29 is 13.2 Å². The summed E-state index contributed by atoms with van der Waals surface area (Å²) in [5.41, 5.74) is 0.0922. The zero-order valence-electron chi connectivity index (χ0n) is 20.7. The lowest BCUT2D eigenvalue weighted by atomic mass is 9.73. The zero-order chi connectivity index (χ0) is 25.5. The van der Waals surface area contributed by atoms with E-state index in [-0.39, 0.29) is 5.92 Å². The number of thiophene rings is 1. The summed E-state index contributed by atoms with van der Waals surface area (Å²) < 4.78 is 28.9. The minimum absolute atomic E-state index is 0.178. The Morgan fingerprint density at radius 2 is 1.71 bits per heavy atom. The molecular weight excluding hydrogens is 480 g/mol. The van der Waals surface area contributed by atoms with E-state index in [4.69, 9.17) is 4.74 Å². The van der Waals surface area contributed by atoms with Crippen molar-refractivity contribution in [3.63, 3.8) is 0 Å². The Bertz CT molecular complexity index is 1150. The molecular formula is C26H34N4O3S2. The second kappa shape index (κ2) is 12.0. The fraction of sp³-hybridized carbons (Fsp3) is 0.538.